The zero-order chi connectivity index (χ0) is 16.3. The Kier molecular flexibility index (Phi) is 5.26. The molecule has 0 aliphatic carbocycles. The summed E-state index contributed by atoms with van der Waals surface area (Å²) in [4.78, 5) is 26.0. The van der Waals surface area contributed by atoms with Gasteiger partial charge in [-0.05, 0) is 43.4 Å². The Bertz CT molecular complexity index is 723. The summed E-state index contributed by atoms with van der Waals surface area (Å²) < 4.78 is 0. The molecule has 0 unspecified atom stereocenters. The smallest absolute Gasteiger partial charge is 0.256 e. The van der Waals surface area contributed by atoms with Gasteiger partial charge < -0.3 is 11.1 Å². The third-order valence-electron chi connectivity index (χ3n) is 3.27. The van der Waals surface area contributed by atoms with Gasteiger partial charge in [-0.15, -0.1) is 23.1 Å². The fraction of sp³-hybridized carbons (Fsp3) is 0.250. The number of amides is 2. The number of carbonyl (C=O) groups excluding carboxylic acids is 2. The second kappa shape index (κ2) is 6.98. The van der Waals surface area contributed by atoms with Crippen LogP contribution in [0, 0.1) is 13.8 Å². The van der Waals surface area contributed by atoms with Gasteiger partial charge in [-0.25, -0.2) is 0 Å². The molecule has 1 aromatic heterocycles. The van der Waals surface area contributed by atoms with E-state index < -0.39 is 5.91 Å². The highest BCUT2D eigenvalue weighted by atomic mass is 32.2. The van der Waals surface area contributed by atoms with Gasteiger partial charge in [0, 0.05) is 15.3 Å². The number of hydrogen-bond donors (Lipinski definition) is 2. The molecule has 2 aromatic rings. The van der Waals surface area contributed by atoms with E-state index in [1.54, 1.807) is 17.8 Å². The Labute approximate surface area is 138 Å². The minimum absolute atomic E-state index is 0.234. The molecule has 22 heavy (non-hydrogen) atoms. The number of benzene rings is 1. The third-order valence-corrected chi connectivity index (χ3v) is 5.26. The molecular formula is C16H18N2O2S2. The summed E-state index contributed by atoms with van der Waals surface area (Å²) >= 11 is 3.05. The van der Waals surface area contributed by atoms with Crippen molar-refractivity contribution in [3.8, 4) is 0 Å². The predicted molar refractivity (Wildman–Crippen MR) is 93.1 cm³/mol. The van der Waals surface area contributed by atoms with Crippen molar-refractivity contribution in [1.82, 2.24) is 0 Å². The van der Waals surface area contributed by atoms with Crippen molar-refractivity contribution in [2.75, 3.05) is 11.1 Å². The normalized spacial score (nSPS) is 10.5. The average Bonchev–Trinajstić information content (AvgIpc) is 2.74. The summed E-state index contributed by atoms with van der Waals surface area (Å²) in [5.41, 5.74) is 7.21. The monoisotopic (exact) mass is 334 g/mol. The highest BCUT2D eigenvalue weighted by Crippen LogP contribution is 2.32. The van der Waals surface area contributed by atoms with Gasteiger partial charge in [0.15, 0.2) is 0 Å². The molecule has 116 valence electrons. The van der Waals surface area contributed by atoms with Crippen LogP contribution in [-0.2, 0) is 0 Å². The molecule has 0 aliphatic heterocycles. The Morgan fingerprint density at radius 3 is 2.68 bits per heavy atom. The molecule has 0 aliphatic rings. The number of anilines is 1. The maximum atomic E-state index is 12.4. The number of nitrogens with two attached hydrogens (primary N) is 1. The van der Waals surface area contributed by atoms with Crippen LogP contribution in [0.25, 0.3) is 0 Å². The Morgan fingerprint density at radius 1 is 1.32 bits per heavy atom. The zero-order valence-electron chi connectivity index (χ0n) is 12.7. The molecule has 2 amide bonds. The number of carbonyl (C=O) groups is 2. The first-order valence-electron chi connectivity index (χ1n) is 6.88. The van der Waals surface area contributed by atoms with Gasteiger partial charge in [0.1, 0.15) is 5.00 Å². The molecule has 0 bridgehead atoms. The van der Waals surface area contributed by atoms with Crippen molar-refractivity contribution < 1.29 is 9.59 Å². The lowest BCUT2D eigenvalue weighted by Gasteiger charge is -2.06. The van der Waals surface area contributed by atoms with E-state index in [0.717, 1.165) is 21.1 Å². The summed E-state index contributed by atoms with van der Waals surface area (Å²) in [5, 5.41) is 3.32. The van der Waals surface area contributed by atoms with Gasteiger partial charge in [0.2, 0.25) is 0 Å². The van der Waals surface area contributed by atoms with E-state index in [1.807, 2.05) is 32.0 Å². The molecular weight excluding hydrogens is 316 g/mol. The summed E-state index contributed by atoms with van der Waals surface area (Å²) in [6.07, 6.45) is 0. The predicted octanol–water partition coefficient (Wildman–Crippen LogP) is 3.83. The van der Waals surface area contributed by atoms with E-state index in [-0.39, 0.29) is 5.91 Å². The molecule has 0 fully saturated rings. The molecule has 0 atom stereocenters. The Morgan fingerprint density at radius 2 is 2.05 bits per heavy atom. The lowest BCUT2D eigenvalue weighted by molar-refractivity contribution is 0.100. The largest absolute Gasteiger partial charge is 0.365 e. The Balaban J connectivity index is 2.28. The topological polar surface area (TPSA) is 72.2 Å². The van der Waals surface area contributed by atoms with E-state index in [1.165, 1.54) is 11.3 Å². The average molecular weight is 334 g/mol. The van der Waals surface area contributed by atoms with Crippen LogP contribution in [0.15, 0.2) is 29.2 Å². The maximum absolute atomic E-state index is 12.4. The number of primary amides is 1. The lowest BCUT2D eigenvalue weighted by Crippen LogP contribution is -2.17. The van der Waals surface area contributed by atoms with Gasteiger partial charge in [-0.2, -0.15) is 0 Å². The van der Waals surface area contributed by atoms with Crippen LogP contribution in [-0.4, -0.2) is 17.6 Å². The van der Waals surface area contributed by atoms with Crippen molar-refractivity contribution in [3.05, 3.63) is 45.8 Å². The second-order valence-electron chi connectivity index (χ2n) is 4.77. The minimum Gasteiger partial charge on any atom is -0.365 e. The summed E-state index contributed by atoms with van der Waals surface area (Å²) in [7, 11) is 0. The van der Waals surface area contributed by atoms with Gasteiger partial charge in [-0.3, -0.25) is 9.59 Å². The van der Waals surface area contributed by atoms with Gasteiger partial charge in [0.05, 0.1) is 5.56 Å². The minimum atomic E-state index is -0.521. The number of aryl methyl sites for hydroxylation is 1. The van der Waals surface area contributed by atoms with E-state index in [0.29, 0.717) is 16.1 Å². The van der Waals surface area contributed by atoms with Gasteiger partial charge in [-0.1, -0.05) is 13.0 Å². The lowest BCUT2D eigenvalue weighted by atomic mass is 10.1. The number of rotatable bonds is 5. The molecule has 3 N–H and O–H groups in total. The van der Waals surface area contributed by atoms with Crippen molar-refractivity contribution in [2.45, 2.75) is 25.7 Å². The summed E-state index contributed by atoms with van der Waals surface area (Å²) in [6, 6.07) is 7.43. The number of nitrogens with one attached hydrogen (secondary N) is 1. The van der Waals surface area contributed by atoms with Crippen molar-refractivity contribution >= 4 is 39.9 Å². The molecule has 1 heterocycles. The van der Waals surface area contributed by atoms with Crippen LogP contribution in [0.3, 0.4) is 0 Å². The second-order valence-corrected chi connectivity index (χ2v) is 7.33. The van der Waals surface area contributed by atoms with E-state index in [9.17, 15) is 9.59 Å². The molecule has 1 aromatic carbocycles. The summed E-state index contributed by atoms with van der Waals surface area (Å²) in [6.45, 7) is 5.80. The van der Waals surface area contributed by atoms with Crippen molar-refractivity contribution in [1.29, 1.82) is 0 Å². The fourth-order valence-corrected chi connectivity index (χ4v) is 3.86. The van der Waals surface area contributed by atoms with Crippen molar-refractivity contribution in [2.24, 2.45) is 5.73 Å². The number of hydrogen-bond acceptors (Lipinski definition) is 4. The highest BCUT2D eigenvalue weighted by molar-refractivity contribution is 7.99. The first-order chi connectivity index (χ1) is 10.4. The van der Waals surface area contributed by atoms with E-state index in [4.69, 9.17) is 5.73 Å². The van der Waals surface area contributed by atoms with Crippen LogP contribution >= 0.6 is 23.1 Å². The first-order valence-corrected chi connectivity index (χ1v) is 8.68. The molecule has 6 heteroatoms. The van der Waals surface area contributed by atoms with E-state index in [2.05, 4.69) is 12.2 Å². The third kappa shape index (κ3) is 3.51. The highest BCUT2D eigenvalue weighted by Gasteiger charge is 2.19. The zero-order valence-corrected chi connectivity index (χ0v) is 14.4. The Hall–Kier alpha value is -1.79. The van der Waals surface area contributed by atoms with E-state index >= 15 is 0 Å². The summed E-state index contributed by atoms with van der Waals surface area (Å²) in [5.74, 6) is 0.190. The van der Waals surface area contributed by atoms with Crippen molar-refractivity contribution in [3.63, 3.8) is 0 Å². The van der Waals surface area contributed by atoms with Crippen LogP contribution in [0.5, 0.6) is 0 Å². The SMILES string of the molecule is CCSc1cccc(C(=O)Nc2sc(C)c(C)c2C(N)=O)c1. The molecule has 0 saturated heterocycles. The fourth-order valence-electron chi connectivity index (χ4n) is 2.08. The quantitative estimate of drug-likeness (QED) is 0.816. The molecule has 4 nitrogen and oxygen atoms in total. The van der Waals surface area contributed by atoms with Crippen LogP contribution in [0.2, 0.25) is 0 Å². The number of thioether (sulfide) groups is 1. The molecule has 2 rings (SSSR count). The van der Waals surface area contributed by atoms with Crippen LogP contribution in [0.4, 0.5) is 5.00 Å². The molecule has 0 saturated carbocycles. The van der Waals surface area contributed by atoms with Crippen LogP contribution in [0.1, 0.15) is 38.1 Å². The molecule has 0 spiro atoms. The van der Waals surface area contributed by atoms with Gasteiger partial charge >= 0.3 is 0 Å². The standard InChI is InChI=1S/C16H18N2O2S2/c1-4-21-12-7-5-6-11(8-12)15(20)18-16-13(14(17)19)9(2)10(3)22-16/h5-8H,4H2,1-3H3,(H2,17,19)(H,18,20). The number of thiophene rings is 1. The maximum Gasteiger partial charge on any atom is 0.256 e. The molecule has 0 radical (unpaired) electrons. The van der Waals surface area contributed by atoms with Crippen LogP contribution < -0.4 is 11.1 Å². The first kappa shape index (κ1) is 16.6. The van der Waals surface area contributed by atoms with Gasteiger partial charge in [0.25, 0.3) is 11.8 Å².